The maximum atomic E-state index is 12.7. The number of halogens is 1. The highest BCUT2D eigenvalue weighted by Crippen LogP contribution is 2.10. The quantitative estimate of drug-likeness (QED) is 0.831. The number of benzene rings is 1. The van der Waals surface area contributed by atoms with Gasteiger partial charge < -0.3 is 5.32 Å². The lowest BCUT2D eigenvalue weighted by atomic mass is 10.2. The monoisotopic (exact) mass is 286 g/mol. The van der Waals surface area contributed by atoms with E-state index in [0.717, 1.165) is 24.9 Å². The van der Waals surface area contributed by atoms with Crippen LogP contribution in [0.5, 0.6) is 0 Å². The molecule has 0 spiro atoms. The fourth-order valence-electron chi connectivity index (χ4n) is 2.17. The van der Waals surface area contributed by atoms with Gasteiger partial charge in [0.05, 0.1) is 5.75 Å². The molecule has 4 nitrogen and oxygen atoms in total. The second kappa shape index (κ2) is 6.45. The second-order valence-corrected chi connectivity index (χ2v) is 6.77. The van der Waals surface area contributed by atoms with Crippen molar-refractivity contribution in [1.82, 2.24) is 10.0 Å². The zero-order chi connectivity index (χ0) is 13.7. The number of hydrogen-bond acceptors (Lipinski definition) is 3. The first-order valence-corrected chi connectivity index (χ1v) is 8.15. The molecule has 1 fully saturated rings. The average Bonchev–Trinajstić information content (AvgIpc) is 2.89. The molecule has 1 atom stereocenters. The molecular weight excluding hydrogens is 267 g/mol. The Morgan fingerprint density at radius 1 is 1.32 bits per heavy atom. The summed E-state index contributed by atoms with van der Waals surface area (Å²) in [5, 5.41) is 3.28. The van der Waals surface area contributed by atoms with E-state index in [4.69, 9.17) is 0 Å². The molecule has 6 heteroatoms. The van der Waals surface area contributed by atoms with E-state index in [1.807, 2.05) is 0 Å². The largest absolute Gasteiger partial charge is 0.314 e. The first-order valence-electron chi connectivity index (χ1n) is 6.50. The van der Waals surface area contributed by atoms with E-state index in [1.165, 1.54) is 12.1 Å². The maximum absolute atomic E-state index is 12.7. The van der Waals surface area contributed by atoms with Gasteiger partial charge in [0.15, 0.2) is 0 Å². The van der Waals surface area contributed by atoms with Crippen LogP contribution in [0.3, 0.4) is 0 Å². The number of nitrogens with one attached hydrogen (secondary N) is 2. The van der Waals surface area contributed by atoms with Crippen molar-refractivity contribution in [2.45, 2.75) is 31.8 Å². The van der Waals surface area contributed by atoms with Gasteiger partial charge in [0.25, 0.3) is 0 Å². The van der Waals surface area contributed by atoms with Crippen molar-refractivity contribution in [3.05, 3.63) is 35.6 Å². The molecule has 1 aliphatic rings. The van der Waals surface area contributed by atoms with Crippen LogP contribution in [-0.4, -0.2) is 26.8 Å². The van der Waals surface area contributed by atoms with Gasteiger partial charge >= 0.3 is 0 Å². The molecule has 0 radical (unpaired) electrons. The Morgan fingerprint density at radius 2 is 2.05 bits per heavy atom. The van der Waals surface area contributed by atoms with Crippen LogP contribution >= 0.6 is 0 Å². The number of rotatable bonds is 6. The van der Waals surface area contributed by atoms with Gasteiger partial charge in [-0.25, -0.2) is 17.5 Å². The summed E-state index contributed by atoms with van der Waals surface area (Å²) >= 11 is 0. The normalized spacial score (nSPS) is 19.7. The molecule has 0 amide bonds. The van der Waals surface area contributed by atoms with Crippen LogP contribution in [0.15, 0.2) is 24.3 Å². The minimum Gasteiger partial charge on any atom is -0.314 e. The molecule has 106 valence electrons. The first-order chi connectivity index (χ1) is 9.05. The zero-order valence-electron chi connectivity index (χ0n) is 10.7. The van der Waals surface area contributed by atoms with Gasteiger partial charge in [0, 0.05) is 12.6 Å². The Kier molecular flexibility index (Phi) is 4.90. The molecule has 0 aromatic heterocycles. The third-order valence-corrected chi connectivity index (χ3v) is 4.66. The molecule has 0 bridgehead atoms. The predicted molar refractivity (Wildman–Crippen MR) is 72.7 cm³/mol. The number of hydrogen-bond donors (Lipinski definition) is 2. The molecular formula is C13H19FN2O2S. The van der Waals surface area contributed by atoms with E-state index in [9.17, 15) is 12.8 Å². The summed E-state index contributed by atoms with van der Waals surface area (Å²) in [4.78, 5) is 0. The van der Waals surface area contributed by atoms with E-state index in [-0.39, 0.29) is 18.1 Å². The number of sulfonamides is 1. The van der Waals surface area contributed by atoms with Gasteiger partial charge in [-0.1, -0.05) is 12.1 Å². The van der Waals surface area contributed by atoms with Crippen LogP contribution in [0, 0.1) is 5.82 Å². The highest BCUT2D eigenvalue weighted by Gasteiger charge is 2.18. The third-order valence-electron chi connectivity index (χ3n) is 3.31. The molecule has 1 aliphatic heterocycles. The van der Waals surface area contributed by atoms with Gasteiger partial charge in [0.2, 0.25) is 10.0 Å². The SMILES string of the molecule is O=S(=O)(CCC1CCCN1)NCc1ccc(F)cc1. The van der Waals surface area contributed by atoms with Crippen LogP contribution in [-0.2, 0) is 16.6 Å². The van der Waals surface area contributed by atoms with Crippen LogP contribution < -0.4 is 10.0 Å². The Morgan fingerprint density at radius 3 is 2.68 bits per heavy atom. The van der Waals surface area contributed by atoms with Crippen molar-refractivity contribution < 1.29 is 12.8 Å². The highest BCUT2D eigenvalue weighted by molar-refractivity contribution is 7.89. The van der Waals surface area contributed by atoms with Crippen LogP contribution in [0.4, 0.5) is 4.39 Å². The summed E-state index contributed by atoms with van der Waals surface area (Å²) in [7, 11) is -3.26. The molecule has 1 unspecified atom stereocenters. The minimum absolute atomic E-state index is 0.131. The van der Waals surface area contributed by atoms with E-state index < -0.39 is 10.0 Å². The first kappa shape index (κ1) is 14.4. The Labute approximate surface area is 113 Å². The van der Waals surface area contributed by atoms with E-state index >= 15 is 0 Å². The van der Waals surface area contributed by atoms with E-state index in [1.54, 1.807) is 12.1 Å². The minimum atomic E-state index is -3.26. The van der Waals surface area contributed by atoms with E-state index in [2.05, 4.69) is 10.0 Å². The summed E-state index contributed by atoms with van der Waals surface area (Å²) < 4.78 is 38.9. The van der Waals surface area contributed by atoms with Crippen molar-refractivity contribution in [2.75, 3.05) is 12.3 Å². The third kappa shape index (κ3) is 4.89. The lowest BCUT2D eigenvalue weighted by Gasteiger charge is -2.11. The van der Waals surface area contributed by atoms with Gasteiger partial charge in [-0.3, -0.25) is 0 Å². The van der Waals surface area contributed by atoms with Crippen LogP contribution in [0.25, 0.3) is 0 Å². The molecule has 0 aliphatic carbocycles. The molecule has 2 rings (SSSR count). The molecule has 1 aromatic rings. The summed E-state index contributed by atoms with van der Waals surface area (Å²) in [5.41, 5.74) is 0.754. The van der Waals surface area contributed by atoms with Gasteiger partial charge in [-0.05, 0) is 43.5 Å². The van der Waals surface area contributed by atoms with Crippen LogP contribution in [0.1, 0.15) is 24.8 Å². The molecule has 0 saturated carbocycles. The van der Waals surface area contributed by atoms with Crippen molar-refractivity contribution >= 4 is 10.0 Å². The van der Waals surface area contributed by atoms with Crippen molar-refractivity contribution in [2.24, 2.45) is 0 Å². The maximum Gasteiger partial charge on any atom is 0.211 e. The lowest BCUT2D eigenvalue weighted by Crippen LogP contribution is -2.30. The summed E-state index contributed by atoms with van der Waals surface area (Å²) in [5.74, 6) is -0.190. The summed E-state index contributed by atoms with van der Waals surface area (Å²) in [6.45, 7) is 1.19. The smallest absolute Gasteiger partial charge is 0.211 e. The topological polar surface area (TPSA) is 58.2 Å². The molecule has 1 saturated heterocycles. The summed E-state index contributed by atoms with van der Waals surface area (Å²) in [6.07, 6.45) is 2.81. The molecule has 2 N–H and O–H groups in total. The molecule has 1 heterocycles. The van der Waals surface area contributed by atoms with Gasteiger partial charge in [-0.2, -0.15) is 0 Å². The zero-order valence-corrected chi connectivity index (χ0v) is 11.5. The van der Waals surface area contributed by atoms with Gasteiger partial charge in [-0.15, -0.1) is 0 Å². The van der Waals surface area contributed by atoms with Crippen molar-refractivity contribution in [3.63, 3.8) is 0 Å². The molecule has 1 aromatic carbocycles. The van der Waals surface area contributed by atoms with Crippen LogP contribution in [0.2, 0.25) is 0 Å². The standard InChI is InChI=1S/C13H19FN2O2S/c14-12-5-3-11(4-6-12)10-16-19(17,18)9-7-13-2-1-8-15-13/h3-6,13,15-16H,1-2,7-10H2. The highest BCUT2D eigenvalue weighted by atomic mass is 32.2. The predicted octanol–water partition coefficient (Wildman–Crippen LogP) is 1.39. The fraction of sp³-hybridized carbons (Fsp3) is 0.538. The van der Waals surface area contributed by atoms with Crippen molar-refractivity contribution in [3.8, 4) is 0 Å². The fourth-order valence-corrected chi connectivity index (χ4v) is 3.29. The Hall–Kier alpha value is -0.980. The van der Waals surface area contributed by atoms with Crippen molar-refractivity contribution in [1.29, 1.82) is 0 Å². The Bertz CT molecular complexity index is 496. The second-order valence-electron chi connectivity index (χ2n) is 4.85. The Balaban J connectivity index is 1.78. The van der Waals surface area contributed by atoms with Gasteiger partial charge in [0.1, 0.15) is 5.82 Å². The van der Waals surface area contributed by atoms with E-state index in [0.29, 0.717) is 12.5 Å². The molecule has 19 heavy (non-hydrogen) atoms. The lowest BCUT2D eigenvalue weighted by molar-refractivity contribution is 0.553. The average molecular weight is 286 g/mol. The summed E-state index contributed by atoms with van der Waals surface area (Å²) in [6, 6.07) is 6.13.